The van der Waals surface area contributed by atoms with Gasteiger partial charge in [-0.1, -0.05) is 20.3 Å². The Morgan fingerprint density at radius 1 is 1.40 bits per heavy atom. The first-order valence-corrected chi connectivity index (χ1v) is 8.35. The fraction of sp³-hybridized carbons (Fsp3) is 0.643. The van der Waals surface area contributed by atoms with Gasteiger partial charge in [-0.05, 0) is 24.9 Å². The van der Waals surface area contributed by atoms with Crippen molar-refractivity contribution in [1.82, 2.24) is 15.3 Å². The Hall–Kier alpha value is -1.30. The number of anilines is 1. The molecule has 5 nitrogen and oxygen atoms in total. The first kappa shape index (κ1) is 16.8. The molecule has 6 heteroatoms. The lowest BCUT2D eigenvalue weighted by molar-refractivity contribution is 0.0948. The van der Waals surface area contributed by atoms with E-state index in [1.807, 2.05) is 25.6 Å². The molecule has 0 atom stereocenters. The lowest BCUT2D eigenvalue weighted by atomic mass is 10.2. The molecule has 0 radical (unpaired) electrons. The number of rotatable bonds is 8. The van der Waals surface area contributed by atoms with Crippen LogP contribution in [-0.4, -0.2) is 34.4 Å². The number of carbonyl (C=O) groups excluding carboxylic acids is 1. The average molecular weight is 296 g/mol. The van der Waals surface area contributed by atoms with E-state index in [2.05, 4.69) is 21.5 Å². The summed E-state index contributed by atoms with van der Waals surface area (Å²) in [5.74, 6) is 1.78. The van der Waals surface area contributed by atoms with E-state index in [-0.39, 0.29) is 17.5 Å². The molecule has 3 N–H and O–H groups in total. The number of hydrogen-bond donors (Lipinski definition) is 2. The van der Waals surface area contributed by atoms with E-state index in [1.54, 1.807) is 0 Å². The van der Waals surface area contributed by atoms with E-state index in [9.17, 15) is 4.79 Å². The molecule has 0 aromatic carbocycles. The van der Waals surface area contributed by atoms with Gasteiger partial charge in [0.1, 0.15) is 5.82 Å². The predicted octanol–water partition coefficient (Wildman–Crippen LogP) is 2.45. The van der Waals surface area contributed by atoms with E-state index in [0.717, 1.165) is 12.8 Å². The number of amides is 1. The zero-order valence-corrected chi connectivity index (χ0v) is 13.3. The molecule has 1 aromatic rings. The average Bonchev–Trinajstić information content (AvgIpc) is 2.42. The quantitative estimate of drug-likeness (QED) is 0.720. The van der Waals surface area contributed by atoms with Crippen LogP contribution in [0.4, 0.5) is 5.69 Å². The highest BCUT2D eigenvalue weighted by Crippen LogP contribution is 2.13. The minimum Gasteiger partial charge on any atom is -0.396 e. The molecule has 0 aliphatic rings. The van der Waals surface area contributed by atoms with Crippen molar-refractivity contribution >= 4 is 23.4 Å². The van der Waals surface area contributed by atoms with Gasteiger partial charge in [0, 0.05) is 12.5 Å². The molecule has 1 heterocycles. The Morgan fingerprint density at radius 3 is 2.80 bits per heavy atom. The number of hydrogen-bond acceptors (Lipinski definition) is 5. The van der Waals surface area contributed by atoms with Gasteiger partial charge >= 0.3 is 0 Å². The molecule has 0 fully saturated rings. The van der Waals surface area contributed by atoms with Gasteiger partial charge in [-0.3, -0.25) is 4.79 Å². The van der Waals surface area contributed by atoms with Crippen LogP contribution in [0.2, 0.25) is 0 Å². The first-order valence-electron chi connectivity index (χ1n) is 6.95. The summed E-state index contributed by atoms with van der Waals surface area (Å²) in [7, 11) is 0. The first-order chi connectivity index (χ1) is 9.56. The molecular weight excluding hydrogens is 272 g/mol. The minimum atomic E-state index is -0.211. The minimum absolute atomic E-state index is 0.175. The molecule has 20 heavy (non-hydrogen) atoms. The monoisotopic (exact) mass is 296 g/mol. The highest BCUT2D eigenvalue weighted by Gasteiger charge is 2.14. The Bertz CT molecular complexity index is 437. The third kappa shape index (κ3) is 5.36. The van der Waals surface area contributed by atoms with Gasteiger partial charge in [0.15, 0.2) is 5.69 Å². The Kier molecular flexibility index (Phi) is 7.36. The van der Waals surface area contributed by atoms with Gasteiger partial charge in [-0.2, -0.15) is 11.8 Å². The summed E-state index contributed by atoms with van der Waals surface area (Å²) in [6, 6.07) is 0. The molecular formula is C14H24N4OS. The van der Waals surface area contributed by atoms with Crippen LogP contribution >= 0.6 is 11.8 Å². The second-order valence-corrected chi connectivity index (χ2v) is 5.98. The molecule has 0 bridgehead atoms. The molecule has 1 aromatic heterocycles. The van der Waals surface area contributed by atoms with Crippen molar-refractivity contribution in [3.8, 4) is 0 Å². The Morgan fingerprint density at radius 2 is 2.15 bits per heavy atom. The number of nitrogens with one attached hydrogen (secondary N) is 1. The zero-order chi connectivity index (χ0) is 15.0. The molecule has 0 aliphatic heterocycles. The molecule has 1 rings (SSSR count). The maximum Gasteiger partial charge on any atom is 0.272 e. The summed E-state index contributed by atoms with van der Waals surface area (Å²) in [6.45, 7) is 4.63. The van der Waals surface area contributed by atoms with E-state index in [1.165, 1.54) is 18.4 Å². The van der Waals surface area contributed by atoms with Gasteiger partial charge in [-0.25, -0.2) is 9.97 Å². The molecule has 0 saturated carbocycles. The molecule has 1 amide bonds. The van der Waals surface area contributed by atoms with Crippen LogP contribution in [0.15, 0.2) is 6.20 Å². The maximum absolute atomic E-state index is 12.0. The van der Waals surface area contributed by atoms with Crippen molar-refractivity contribution in [1.29, 1.82) is 0 Å². The largest absolute Gasteiger partial charge is 0.396 e. The van der Waals surface area contributed by atoms with Gasteiger partial charge < -0.3 is 11.1 Å². The van der Waals surface area contributed by atoms with Crippen LogP contribution < -0.4 is 11.1 Å². The summed E-state index contributed by atoms with van der Waals surface area (Å²) in [6.07, 6.45) is 6.90. The van der Waals surface area contributed by atoms with E-state index >= 15 is 0 Å². The lowest BCUT2D eigenvalue weighted by Gasteiger charge is -2.09. The van der Waals surface area contributed by atoms with Crippen molar-refractivity contribution in [3.63, 3.8) is 0 Å². The summed E-state index contributed by atoms with van der Waals surface area (Å²) in [4.78, 5) is 20.4. The summed E-state index contributed by atoms with van der Waals surface area (Å²) in [5, 5.41) is 2.87. The number of nitrogens with zero attached hydrogens (tertiary/aromatic N) is 2. The number of carbonyl (C=O) groups is 1. The smallest absolute Gasteiger partial charge is 0.272 e. The van der Waals surface area contributed by atoms with E-state index in [0.29, 0.717) is 18.1 Å². The molecule has 0 unspecified atom stereocenters. The molecule has 0 aliphatic carbocycles. The summed E-state index contributed by atoms with van der Waals surface area (Å²) in [5.41, 5.74) is 6.38. The van der Waals surface area contributed by atoms with Gasteiger partial charge in [0.05, 0.1) is 11.9 Å². The SMILES string of the molecule is CSCCCCCNC(=O)c1nc(C(C)C)ncc1N. The van der Waals surface area contributed by atoms with Crippen LogP contribution in [0, 0.1) is 0 Å². The number of thioether (sulfide) groups is 1. The van der Waals surface area contributed by atoms with Gasteiger partial charge in [0.25, 0.3) is 5.91 Å². The third-order valence-corrected chi connectivity index (χ3v) is 3.57. The maximum atomic E-state index is 12.0. The molecule has 0 spiro atoms. The van der Waals surface area contributed by atoms with Crippen LogP contribution in [0.5, 0.6) is 0 Å². The fourth-order valence-corrected chi connectivity index (χ4v) is 2.19. The Balaban J connectivity index is 2.48. The van der Waals surface area contributed by atoms with Crippen LogP contribution in [0.1, 0.15) is 55.3 Å². The fourth-order valence-electron chi connectivity index (χ4n) is 1.70. The van der Waals surface area contributed by atoms with Crippen molar-refractivity contribution in [2.45, 2.75) is 39.0 Å². The normalized spacial score (nSPS) is 10.8. The highest BCUT2D eigenvalue weighted by atomic mass is 32.2. The van der Waals surface area contributed by atoms with E-state index in [4.69, 9.17) is 5.73 Å². The number of nitrogens with two attached hydrogens (primary N) is 1. The van der Waals surface area contributed by atoms with Gasteiger partial charge in [-0.15, -0.1) is 0 Å². The molecule has 112 valence electrons. The van der Waals surface area contributed by atoms with E-state index < -0.39 is 0 Å². The number of nitrogen functional groups attached to an aromatic ring is 1. The predicted molar refractivity (Wildman–Crippen MR) is 85.1 cm³/mol. The molecule has 0 saturated heterocycles. The van der Waals surface area contributed by atoms with Gasteiger partial charge in [0.2, 0.25) is 0 Å². The highest BCUT2D eigenvalue weighted by molar-refractivity contribution is 7.98. The standard InChI is InChI=1S/C14H24N4OS/c1-10(2)13-17-9-11(15)12(18-13)14(19)16-7-5-4-6-8-20-3/h9-10H,4-8,15H2,1-3H3,(H,16,19). The van der Waals surface area contributed by atoms with Crippen LogP contribution in [-0.2, 0) is 0 Å². The van der Waals surface area contributed by atoms with Crippen molar-refractivity contribution in [2.75, 3.05) is 24.3 Å². The number of unbranched alkanes of at least 4 members (excludes halogenated alkanes) is 2. The van der Waals surface area contributed by atoms with Crippen molar-refractivity contribution in [3.05, 3.63) is 17.7 Å². The second kappa shape index (κ2) is 8.79. The lowest BCUT2D eigenvalue weighted by Crippen LogP contribution is -2.27. The van der Waals surface area contributed by atoms with Crippen LogP contribution in [0.3, 0.4) is 0 Å². The third-order valence-electron chi connectivity index (χ3n) is 2.88. The van der Waals surface area contributed by atoms with Crippen molar-refractivity contribution in [2.24, 2.45) is 0 Å². The zero-order valence-electron chi connectivity index (χ0n) is 12.5. The topological polar surface area (TPSA) is 80.9 Å². The van der Waals surface area contributed by atoms with Crippen molar-refractivity contribution < 1.29 is 4.79 Å². The Labute approximate surface area is 125 Å². The van der Waals surface area contributed by atoms with Crippen LogP contribution in [0.25, 0.3) is 0 Å². The summed E-state index contributed by atoms with van der Waals surface area (Å²) < 4.78 is 0. The second-order valence-electron chi connectivity index (χ2n) is 5.00. The number of aromatic nitrogens is 2. The summed E-state index contributed by atoms with van der Waals surface area (Å²) >= 11 is 1.85.